The molecule has 0 bridgehead atoms. The topological polar surface area (TPSA) is 41.1 Å². The number of alkyl halides is 6. The van der Waals surface area contributed by atoms with Gasteiger partial charge in [0.05, 0.1) is 16.7 Å². The number of amides is 1. The maximum absolute atomic E-state index is 13.7. The number of nitrogens with one attached hydrogen (secondary N) is 2. The highest BCUT2D eigenvalue weighted by molar-refractivity contribution is 5.97. The highest BCUT2D eigenvalue weighted by Crippen LogP contribution is 2.39. The Kier molecular flexibility index (Phi) is 7.72. The molecule has 0 heterocycles. The second-order valence-electron chi connectivity index (χ2n) is 8.24. The molecule has 0 saturated heterocycles. The second-order valence-corrected chi connectivity index (χ2v) is 8.24. The summed E-state index contributed by atoms with van der Waals surface area (Å²) < 4.78 is 80.6. The van der Waals surface area contributed by atoms with Gasteiger partial charge in [0.15, 0.2) is 0 Å². The molecule has 2 aromatic rings. The fourth-order valence-corrected chi connectivity index (χ4v) is 4.27. The van der Waals surface area contributed by atoms with Gasteiger partial charge in [-0.25, -0.2) is 0 Å². The summed E-state index contributed by atoms with van der Waals surface area (Å²) in [6.07, 6.45) is -7.18. The summed E-state index contributed by atoms with van der Waals surface area (Å²) in [4.78, 5) is 13.0. The van der Waals surface area contributed by atoms with Gasteiger partial charge in [0.2, 0.25) is 0 Å². The lowest BCUT2D eigenvalue weighted by Gasteiger charge is -2.33. The Labute approximate surface area is 188 Å². The summed E-state index contributed by atoms with van der Waals surface area (Å²) >= 11 is 0. The molecule has 2 aromatic carbocycles. The quantitative estimate of drug-likeness (QED) is 0.498. The van der Waals surface area contributed by atoms with E-state index in [1.165, 1.54) is 6.92 Å². The number of carbonyl (C=O) groups is 1. The molecular formula is C24H26F6N2O. The molecule has 0 spiro atoms. The van der Waals surface area contributed by atoms with Gasteiger partial charge in [0.25, 0.3) is 5.91 Å². The Morgan fingerprint density at radius 2 is 1.58 bits per heavy atom. The van der Waals surface area contributed by atoms with E-state index in [0.717, 1.165) is 24.8 Å². The van der Waals surface area contributed by atoms with E-state index < -0.39 is 41.0 Å². The molecule has 3 nitrogen and oxygen atoms in total. The Morgan fingerprint density at radius 3 is 2.15 bits per heavy atom. The predicted molar refractivity (Wildman–Crippen MR) is 113 cm³/mol. The van der Waals surface area contributed by atoms with Gasteiger partial charge in [-0.05, 0) is 42.5 Å². The average Bonchev–Trinajstić information content (AvgIpc) is 2.77. The van der Waals surface area contributed by atoms with Crippen LogP contribution in [0.5, 0.6) is 0 Å². The molecule has 0 unspecified atom stereocenters. The van der Waals surface area contributed by atoms with Crippen molar-refractivity contribution in [3.8, 4) is 0 Å². The lowest BCUT2D eigenvalue weighted by Crippen LogP contribution is -2.51. The lowest BCUT2D eigenvalue weighted by molar-refractivity contribution is -0.143. The Hall–Kier alpha value is -2.55. The first-order valence-electron chi connectivity index (χ1n) is 10.9. The van der Waals surface area contributed by atoms with E-state index in [1.54, 1.807) is 0 Å². The molecule has 1 aliphatic carbocycles. The molecule has 0 aliphatic heterocycles. The zero-order valence-corrected chi connectivity index (χ0v) is 18.1. The molecule has 1 fully saturated rings. The number of halogens is 6. The molecule has 3 rings (SSSR count). The van der Waals surface area contributed by atoms with E-state index in [9.17, 15) is 31.1 Å². The summed E-state index contributed by atoms with van der Waals surface area (Å²) in [6, 6.07) is 9.64. The van der Waals surface area contributed by atoms with Crippen molar-refractivity contribution >= 4 is 5.91 Å². The van der Waals surface area contributed by atoms with Crippen LogP contribution in [0.25, 0.3) is 0 Å². The molecule has 0 radical (unpaired) electrons. The minimum Gasteiger partial charge on any atom is -0.348 e. The van der Waals surface area contributed by atoms with E-state index in [-0.39, 0.29) is 24.1 Å². The van der Waals surface area contributed by atoms with Crippen molar-refractivity contribution < 1.29 is 31.1 Å². The van der Waals surface area contributed by atoms with Crippen LogP contribution in [0.3, 0.4) is 0 Å². The minimum atomic E-state index is -5.10. The molecule has 1 aliphatic rings. The van der Waals surface area contributed by atoms with Crippen molar-refractivity contribution in [2.24, 2.45) is 0 Å². The average molecular weight is 472 g/mol. The highest BCUT2D eigenvalue weighted by atomic mass is 19.4. The Bertz CT molecular complexity index is 956. The minimum absolute atomic E-state index is 0.0279. The van der Waals surface area contributed by atoms with Gasteiger partial charge in [0.1, 0.15) is 0 Å². The van der Waals surface area contributed by atoms with Gasteiger partial charge in [-0.15, -0.1) is 0 Å². The first-order valence-corrected chi connectivity index (χ1v) is 10.9. The highest BCUT2D eigenvalue weighted by Gasteiger charge is 2.41. The fourth-order valence-electron chi connectivity index (χ4n) is 4.27. The molecule has 1 amide bonds. The molecule has 1 saturated carbocycles. The molecule has 2 N–H and O–H groups in total. The number of hydrogen-bond donors (Lipinski definition) is 2. The summed E-state index contributed by atoms with van der Waals surface area (Å²) in [6.45, 7) is 1.96. The largest absolute Gasteiger partial charge is 0.417 e. The van der Waals surface area contributed by atoms with Crippen LogP contribution < -0.4 is 10.6 Å². The Balaban J connectivity index is 1.87. The van der Waals surface area contributed by atoms with Crippen LogP contribution in [0.2, 0.25) is 0 Å². The van der Waals surface area contributed by atoms with Crippen molar-refractivity contribution in [2.45, 2.75) is 70.0 Å². The van der Waals surface area contributed by atoms with Crippen LogP contribution in [-0.4, -0.2) is 18.0 Å². The Morgan fingerprint density at radius 1 is 0.939 bits per heavy atom. The van der Waals surface area contributed by atoms with E-state index in [0.29, 0.717) is 19.0 Å². The smallest absolute Gasteiger partial charge is 0.348 e. The van der Waals surface area contributed by atoms with Gasteiger partial charge in [-0.2, -0.15) is 26.3 Å². The molecule has 180 valence electrons. The van der Waals surface area contributed by atoms with E-state index in [2.05, 4.69) is 10.6 Å². The van der Waals surface area contributed by atoms with Gasteiger partial charge < -0.3 is 10.6 Å². The van der Waals surface area contributed by atoms with Crippen LogP contribution >= 0.6 is 0 Å². The third-order valence-electron chi connectivity index (χ3n) is 5.95. The molecule has 0 aromatic heterocycles. The lowest BCUT2D eigenvalue weighted by atomic mass is 9.89. The standard InChI is InChI=1S/C24H26F6N2O/c1-2-16-12-17(23(25,26)27)13-18(24(28,29)30)21(16)22(33)32-20-11-7-6-10-19(20)31-14-15-8-4-3-5-9-15/h3-5,8-9,12-13,19-20,31H,2,6-7,10-11,14H2,1H3,(H,32,33)/t19-,20+/m0/s1. The van der Waals surface area contributed by atoms with E-state index in [4.69, 9.17) is 0 Å². The van der Waals surface area contributed by atoms with Gasteiger partial charge in [-0.3, -0.25) is 4.79 Å². The molecule has 9 heteroatoms. The van der Waals surface area contributed by atoms with Crippen LogP contribution in [0.4, 0.5) is 26.3 Å². The molecule has 2 atom stereocenters. The van der Waals surface area contributed by atoms with Crippen molar-refractivity contribution in [3.05, 3.63) is 70.3 Å². The fraction of sp³-hybridized carbons (Fsp3) is 0.458. The van der Waals surface area contributed by atoms with Crippen molar-refractivity contribution in [2.75, 3.05) is 0 Å². The number of carbonyl (C=O) groups excluding carboxylic acids is 1. The first kappa shape index (κ1) is 25.1. The number of rotatable bonds is 6. The third kappa shape index (κ3) is 6.28. The van der Waals surface area contributed by atoms with Gasteiger partial charge in [0, 0.05) is 18.6 Å². The SMILES string of the molecule is CCc1cc(C(F)(F)F)cc(C(F)(F)F)c1C(=O)N[C@@H]1CCCC[C@@H]1NCc1ccccc1. The van der Waals surface area contributed by atoms with E-state index >= 15 is 0 Å². The van der Waals surface area contributed by atoms with Gasteiger partial charge in [-0.1, -0.05) is 50.1 Å². The van der Waals surface area contributed by atoms with Crippen molar-refractivity contribution in [1.29, 1.82) is 0 Å². The van der Waals surface area contributed by atoms with Crippen LogP contribution in [-0.2, 0) is 25.3 Å². The first-order chi connectivity index (χ1) is 15.5. The summed E-state index contributed by atoms with van der Waals surface area (Å²) in [5.41, 5.74) is -2.95. The molecular weight excluding hydrogens is 446 g/mol. The van der Waals surface area contributed by atoms with Crippen molar-refractivity contribution in [1.82, 2.24) is 10.6 Å². The maximum Gasteiger partial charge on any atom is 0.417 e. The van der Waals surface area contributed by atoms with Gasteiger partial charge >= 0.3 is 12.4 Å². The number of benzene rings is 2. The van der Waals surface area contributed by atoms with Crippen LogP contribution in [0.15, 0.2) is 42.5 Å². The summed E-state index contributed by atoms with van der Waals surface area (Å²) in [7, 11) is 0. The third-order valence-corrected chi connectivity index (χ3v) is 5.95. The number of hydrogen-bond acceptors (Lipinski definition) is 2. The van der Waals surface area contributed by atoms with Crippen molar-refractivity contribution in [3.63, 3.8) is 0 Å². The zero-order chi connectivity index (χ0) is 24.2. The van der Waals surface area contributed by atoms with Crippen LogP contribution in [0, 0.1) is 0 Å². The zero-order valence-electron chi connectivity index (χ0n) is 18.1. The van der Waals surface area contributed by atoms with E-state index in [1.807, 2.05) is 30.3 Å². The summed E-state index contributed by atoms with van der Waals surface area (Å²) in [5.74, 6) is -0.994. The molecule has 33 heavy (non-hydrogen) atoms. The monoisotopic (exact) mass is 472 g/mol. The normalized spacial score (nSPS) is 19.4. The number of aryl methyl sites for hydroxylation is 1. The second kappa shape index (κ2) is 10.2. The predicted octanol–water partition coefficient (Wildman–Crippen LogP) is 6.12. The maximum atomic E-state index is 13.7. The summed E-state index contributed by atoms with van der Waals surface area (Å²) in [5, 5.41) is 6.05. The van der Waals surface area contributed by atoms with Crippen LogP contribution in [0.1, 0.15) is 65.2 Å².